The molecule has 0 aliphatic carbocycles. The molecular weight excluding hydrogens is 294 g/mol. The van der Waals surface area contributed by atoms with Crippen LogP contribution in [0.3, 0.4) is 0 Å². The molecule has 1 amide bonds. The SMILES string of the molecule is CS(=O)(=O)c1ccsc1NC(=O)/C=C/c1ccccc1. The van der Waals surface area contributed by atoms with Crippen LogP contribution in [0.2, 0.25) is 0 Å². The molecule has 0 aliphatic heterocycles. The Balaban J connectivity index is 2.10. The minimum atomic E-state index is -3.33. The van der Waals surface area contributed by atoms with Gasteiger partial charge in [-0.05, 0) is 23.1 Å². The standard InChI is InChI=1S/C14H13NO3S2/c1-20(17,18)12-9-10-19-14(12)15-13(16)8-7-11-5-3-2-4-6-11/h2-10H,1H3,(H,15,16)/b8-7+. The van der Waals surface area contributed by atoms with Gasteiger partial charge in [0.1, 0.15) is 9.90 Å². The summed E-state index contributed by atoms with van der Waals surface area (Å²) in [6, 6.07) is 10.9. The van der Waals surface area contributed by atoms with Gasteiger partial charge < -0.3 is 5.32 Å². The first kappa shape index (κ1) is 14.5. The molecular formula is C14H13NO3S2. The van der Waals surface area contributed by atoms with E-state index in [2.05, 4.69) is 5.32 Å². The number of rotatable bonds is 4. The lowest BCUT2D eigenvalue weighted by Gasteiger charge is -2.02. The van der Waals surface area contributed by atoms with E-state index in [1.54, 1.807) is 11.5 Å². The van der Waals surface area contributed by atoms with E-state index < -0.39 is 9.84 Å². The number of benzene rings is 1. The number of thiophene rings is 1. The zero-order valence-corrected chi connectivity index (χ0v) is 12.4. The first-order chi connectivity index (χ1) is 9.47. The Labute approximate surface area is 121 Å². The molecule has 4 nitrogen and oxygen atoms in total. The summed E-state index contributed by atoms with van der Waals surface area (Å²) in [6.45, 7) is 0. The fraction of sp³-hybridized carbons (Fsp3) is 0.0714. The van der Waals surface area contributed by atoms with Crippen molar-refractivity contribution in [2.45, 2.75) is 4.90 Å². The number of hydrogen-bond donors (Lipinski definition) is 1. The van der Waals surface area contributed by atoms with E-state index in [0.29, 0.717) is 5.00 Å². The van der Waals surface area contributed by atoms with Crippen molar-refractivity contribution >= 4 is 38.2 Å². The Morgan fingerprint density at radius 1 is 1.20 bits per heavy atom. The van der Waals surface area contributed by atoms with Crippen molar-refractivity contribution in [3.8, 4) is 0 Å². The van der Waals surface area contributed by atoms with E-state index in [1.165, 1.54) is 23.5 Å². The highest BCUT2D eigenvalue weighted by Gasteiger charge is 2.15. The second kappa shape index (κ2) is 6.02. The van der Waals surface area contributed by atoms with E-state index >= 15 is 0 Å². The molecule has 6 heteroatoms. The number of nitrogens with one attached hydrogen (secondary N) is 1. The predicted molar refractivity (Wildman–Crippen MR) is 81.5 cm³/mol. The minimum absolute atomic E-state index is 0.143. The fourth-order valence-corrected chi connectivity index (χ4v) is 3.64. The monoisotopic (exact) mass is 307 g/mol. The number of amides is 1. The van der Waals surface area contributed by atoms with Crippen molar-refractivity contribution in [3.63, 3.8) is 0 Å². The Morgan fingerprint density at radius 3 is 2.55 bits per heavy atom. The molecule has 0 saturated heterocycles. The van der Waals surface area contributed by atoms with Crippen LogP contribution in [0.4, 0.5) is 5.00 Å². The lowest BCUT2D eigenvalue weighted by molar-refractivity contribution is -0.111. The molecule has 2 aromatic rings. The van der Waals surface area contributed by atoms with Crippen LogP contribution in [-0.2, 0) is 14.6 Å². The Hall–Kier alpha value is -1.92. The van der Waals surface area contributed by atoms with Crippen LogP contribution in [0.25, 0.3) is 6.08 Å². The van der Waals surface area contributed by atoms with Gasteiger partial charge in [0.15, 0.2) is 9.84 Å². The molecule has 0 saturated carbocycles. The maximum atomic E-state index is 11.8. The third-order valence-corrected chi connectivity index (χ3v) is 4.59. The molecule has 1 aromatic heterocycles. The highest BCUT2D eigenvalue weighted by molar-refractivity contribution is 7.91. The van der Waals surface area contributed by atoms with Crippen LogP contribution in [0.1, 0.15) is 5.56 Å². The van der Waals surface area contributed by atoms with Crippen molar-refractivity contribution < 1.29 is 13.2 Å². The van der Waals surface area contributed by atoms with Crippen LogP contribution >= 0.6 is 11.3 Å². The lowest BCUT2D eigenvalue weighted by atomic mass is 10.2. The number of hydrogen-bond acceptors (Lipinski definition) is 4. The van der Waals surface area contributed by atoms with E-state index in [0.717, 1.165) is 11.8 Å². The van der Waals surface area contributed by atoms with E-state index in [9.17, 15) is 13.2 Å². The van der Waals surface area contributed by atoms with Crippen LogP contribution in [0.5, 0.6) is 0 Å². The van der Waals surface area contributed by atoms with Crippen molar-refractivity contribution in [3.05, 3.63) is 53.4 Å². The zero-order chi connectivity index (χ0) is 14.6. The maximum absolute atomic E-state index is 11.8. The largest absolute Gasteiger partial charge is 0.313 e. The number of anilines is 1. The summed E-state index contributed by atoms with van der Waals surface area (Å²) >= 11 is 1.18. The molecule has 1 N–H and O–H groups in total. The average Bonchev–Trinajstić information content (AvgIpc) is 2.86. The molecule has 20 heavy (non-hydrogen) atoms. The third-order valence-electron chi connectivity index (χ3n) is 2.49. The molecule has 0 atom stereocenters. The molecule has 104 valence electrons. The Bertz CT molecular complexity index is 731. The topological polar surface area (TPSA) is 63.2 Å². The first-order valence-corrected chi connectivity index (χ1v) is 8.55. The van der Waals surface area contributed by atoms with E-state index in [4.69, 9.17) is 0 Å². The normalized spacial score (nSPS) is 11.7. The summed E-state index contributed by atoms with van der Waals surface area (Å²) in [6.07, 6.45) is 4.16. The van der Waals surface area contributed by atoms with Crippen LogP contribution < -0.4 is 5.32 Å². The molecule has 0 unspecified atom stereocenters. The van der Waals surface area contributed by atoms with Gasteiger partial charge in [-0.3, -0.25) is 4.79 Å². The van der Waals surface area contributed by atoms with Gasteiger partial charge in [0.25, 0.3) is 0 Å². The van der Waals surface area contributed by atoms with Crippen LogP contribution in [-0.4, -0.2) is 20.6 Å². The van der Waals surface area contributed by atoms with E-state index in [1.807, 2.05) is 30.3 Å². The molecule has 0 aliphatic rings. The molecule has 0 radical (unpaired) electrons. The maximum Gasteiger partial charge on any atom is 0.249 e. The number of sulfone groups is 1. The van der Waals surface area contributed by atoms with Gasteiger partial charge in [-0.1, -0.05) is 30.3 Å². The number of carbonyl (C=O) groups excluding carboxylic acids is 1. The summed E-state index contributed by atoms with van der Waals surface area (Å²) in [5, 5.41) is 4.56. The summed E-state index contributed by atoms with van der Waals surface area (Å²) in [5.74, 6) is -0.360. The molecule has 0 bridgehead atoms. The van der Waals surface area contributed by atoms with Crippen molar-refractivity contribution in [1.82, 2.24) is 0 Å². The zero-order valence-electron chi connectivity index (χ0n) is 10.7. The van der Waals surface area contributed by atoms with Gasteiger partial charge in [0, 0.05) is 12.3 Å². The second-order valence-electron chi connectivity index (χ2n) is 4.12. The minimum Gasteiger partial charge on any atom is -0.313 e. The van der Waals surface area contributed by atoms with Crippen molar-refractivity contribution in [2.24, 2.45) is 0 Å². The third kappa shape index (κ3) is 3.79. The highest BCUT2D eigenvalue weighted by Crippen LogP contribution is 2.27. The van der Waals surface area contributed by atoms with Gasteiger partial charge in [-0.25, -0.2) is 8.42 Å². The second-order valence-corrected chi connectivity index (χ2v) is 7.02. The number of carbonyl (C=O) groups is 1. The van der Waals surface area contributed by atoms with Crippen LogP contribution in [0, 0.1) is 0 Å². The fourth-order valence-electron chi connectivity index (χ4n) is 1.57. The van der Waals surface area contributed by atoms with Gasteiger partial charge >= 0.3 is 0 Å². The van der Waals surface area contributed by atoms with Crippen LogP contribution in [0.15, 0.2) is 52.7 Å². The summed E-state index contributed by atoms with van der Waals surface area (Å²) in [4.78, 5) is 11.9. The quantitative estimate of drug-likeness (QED) is 0.883. The molecule has 0 spiro atoms. The first-order valence-electron chi connectivity index (χ1n) is 5.78. The Morgan fingerprint density at radius 2 is 1.90 bits per heavy atom. The summed E-state index contributed by atoms with van der Waals surface area (Å²) < 4.78 is 23.0. The lowest BCUT2D eigenvalue weighted by Crippen LogP contribution is -2.09. The Kier molecular flexibility index (Phi) is 4.36. The summed E-state index contributed by atoms with van der Waals surface area (Å²) in [5.41, 5.74) is 0.900. The smallest absolute Gasteiger partial charge is 0.249 e. The molecule has 1 heterocycles. The van der Waals surface area contributed by atoms with Gasteiger partial charge in [0.2, 0.25) is 5.91 Å². The van der Waals surface area contributed by atoms with Gasteiger partial charge in [-0.2, -0.15) is 0 Å². The van der Waals surface area contributed by atoms with Gasteiger partial charge in [0.05, 0.1) is 0 Å². The predicted octanol–water partition coefficient (Wildman–Crippen LogP) is 2.80. The van der Waals surface area contributed by atoms with E-state index in [-0.39, 0.29) is 10.8 Å². The molecule has 0 fully saturated rings. The highest BCUT2D eigenvalue weighted by atomic mass is 32.2. The van der Waals surface area contributed by atoms with Gasteiger partial charge in [-0.15, -0.1) is 11.3 Å². The van der Waals surface area contributed by atoms with Crippen molar-refractivity contribution in [2.75, 3.05) is 11.6 Å². The summed E-state index contributed by atoms with van der Waals surface area (Å²) in [7, 11) is -3.33. The molecule has 2 rings (SSSR count). The molecule has 1 aromatic carbocycles. The van der Waals surface area contributed by atoms with Crippen molar-refractivity contribution in [1.29, 1.82) is 0 Å². The average molecular weight is 307 g/mol.